The maximum atomic E-state index is 11.7. The summed E-state index contributed by atoms with van der Waals surface area (Å²) in [6.45, 7) is 4.08. The van der Waals surface area contributed by atoms with Gasteiger partial charge in [0, 0.05) is 32.6 Å². The van der Waals surface area contributed by atoms with Gasteiger partial charge in [0.05, 0.1) is 13.0 Å². The number of hydrogen-bond acceptors (Lipinski definition) is 4. The van der Waals surface area contributed by atoms with Crippen LogP contribution in [-0.2, 0) is 9.59 Å². The number of nitrogens with one attached hydrogen (secondary N) is 1. The molecule has 0 rings (SSSR count). The van der Waals surface area contributed by atoms with Crippen molar-refractivity contribution in [3.63, 3.8) is 0 Å². The predicted molar refractivity (Wildman–Crippen MR) is 92.5 cm³/mol. The summed E-state index contributed by atoms with van der Waals surface area (Å²) in [7, 11) is 0. The summed E-state index contributed by atoms with van der Waals surface area (Å²) < 4.78 is 0. The number of hydrogen-bond donors (Lipinski definition) is 3. The standard InChI is InChI=1S/C17H34N2O4.Na.H/c1-2-3-4-5-6-7-8-9-16(21)18-11-13-19(14-15-20)12-10-17(22)23;;/h20H,2-15H2,1H3,(H,18,21)(H,22,23);;/q;+1;-1. The molecule has 0 heterocycles. The van der Waals surface area contributed by atoms with Gasteiger partial charge in [-0.05, 0) is 6.42 Å². The predicted octanol–water partition coefficient (Wildman–Crippen LogP) is -0.871. The molecular formula is C17H35N2NaO4. The van der Waals surface area contributed by atoms with Crippen molar-refractivity contribution in [2.24, 2.45) is 0 Å². The summed E-state index contributed by atoms with van der Waals surface area (Å²) in [5.41, 5.74) is 0. The Morgan fingerprint density at radius 1 is 0.958 bits per heavy atom. The van der Waals surface area contributed by atoms with Crippen LogP contribution >= 0.6 is 0 Å². The molecule has 0 unspecified atom stereocenters. The van der Waals surface area contributed by atoms with Gasteiger partial charge in [-0.15, -0.1) is 0 Å². The summed E-state index contributed by atoms with van der Waals surface area (Å²) in [5.74, 6) is -0.795. The first-order valence-electron chi connectivity index (χ1n) is 8.91. The van der Waals surface area contributed by atoms with Gasteiger partial charge in [-0.25, -0.2) is 0 Å². The Morgan fingerprint density at radius 2 is 1.58 bits per heavy atom. The number of aliphatic carboxylic acids is 1. The smallest absolute Gasteiger partial charge is 1.00 e. The molecule has 0 spiro atoms. The topological polar surface area (TPSA) is 89.9 Å². The first-order valence-corrected chi connectivity index (χ1v) is 8.91. The number of carbonyl (C=O) groups excluding carboxylic acids is 1. The first kappa shape index (κ1) is 26.1. The van der Waals surface area contributed by atoms with Crippen molar-refractivity contribution in [2.75, 3.05) is 32.8 Å². The first-order chi connectivity index (χ1) is 11.1. The molecule has 0 atom stereocenters. The molecule has 0 saturated carbocycles. The molecule has 0 saturated heterocycles. The molecule has 1 amide bonds. The fraction of sp³-hybridized carbons (Fsp3) is 0.882. The fourth-order valence-corrected chi connectivity index (χ4v) is 2.42. The van der Waals surface area contributed by atoms with E-state index in [0.29, 0.717) is 32.6 Å². The number of nitrogens with zero attached hydrogens (tertiary/aromatic N) is 1. The summed E-state index contributed by atoms with van der Waals surface area (Å²) in [4.78, 5) is 24.1. The number of amides is 1. The molecule has 6 nitrogen and oxygen atoms in total. The van der Waals surface area contributed by atoms with Crippen molar-refractivity contribution in [1.29, 1.82) is 0 Å². The Bertz CT molecular complexity index is 323. The monoisotopic (exact) mass is 354 g/mol. The van der Waals surface area contributed by atoms with Crippen molar-refractivity contribution >= 4 is 11.9 Å². The number of aliphatic hydroxyl groups is 1. The maximum absolute atomic E-state index is 11.7. The molecule has 0 aromatic heterocycles. The third kappa shape index (κ3) is 18.2. The molecule has 24 heavy (non-hydrogen) atoms. The normalized spacial score (nSPS) is 10.5. The van der Waals surface area contributed by atoms with Crippen molar-refractivity contribution in [3.8, 4) is 0 Å². The van der Waals surface area contributed by atoms with Crippen LogP contribution in [0.4, 0.5) is 0 Å². The summed E-state index contributed by atoms with van der Waals surface area (Å²) >= 11 is 0. The molecule has 0 radical (unpaired) electrons. The van der Waals surface area contributed by atoms with Gasteiger partial charge in [-0.3, -0.25) is 14.5 Å². The number of aliphatic hydroxyl groups excluding tert-OH is 1. The molecule has 7 heteroatoms. The molecule has 3 N–H and O–H groups in total. The van der Waals surface area contributed by atoms with Crippen LogP contribution in [0, 0.1) is 0 Å². The Kier molecular flexibility index (Phi) is 20.9. The van der Waals surface area contributed by atoms with Gasteiger partial charge in [0.25, 0.3) is 0 Å². The van der Waals surface area contributed by atoms with E-state index >= 15 is 0 Å². The molecule has 0 aliphatic carbocycles. The second kappa shape index (κ2) is 19.2. The van der Waals surface area contributed by atoms with Crippen LogP contribution in [0.2, 0.25) is 0 Å². The Morgan fingerprint density at radius 3 is 2.17 bits per heavy atom. The summed E-state index contributed by atoms with van der Waals surface area (Å²) in [6.07, 6.45) is 8.94. The fourth-order valence-electron chi connectivity index (χ4n) is 2.42. The van der Waals surface area contributed by atoms with Gasteiger partial charge >= 0.3 is 35.5 Å². The van der Waals surface area contributed by atoms with Crippen LogP contribution in [0.1, 0.15) is 66.1 Å². The van der Waals surface area contributed by atoms with E-state index in [0.717, 1.165) is 12.8 Å². The Balaban J connectivity index is -0.00000242. The molecule has 138 valence electrons. The molecule has 0 aliphatic heterocycles. The second-order valence-electron chi connectivity index (χ2n) is 5.93. The van der Waals surface area contributed by atoms with E-state index in [1.54, 1.807) is 0 Å². The van der Waals surface area contributed by atoms with Gasteiger partial charge in [0.1, 0.15) is 0 Å². The van der Waals surface area contributed by atoms with Crippen LogP contribution in [0.3, 0.4) is 0 Å². The molecular weight excluding hydrogens is 319 g/mol. The van der Waals surface area contributed by atoms with Crippen LogP contribution in [0.15, 0.2) is 0 Å². The van der Waals surface area contributed by atoms with Crippen molar-refractivity contribution in [2.45, 2.75) is 64.7 Å². The van der Waals surface area contributed by atoms with E-state index in [1.807, 2.05) is 4.90 Å². The van der Waals surface area contributed by atoms with Crippen LogP contribution in [0.5, 0.6) is 0 Å². The summed E-state index contributed by atoms with van der Waals surface area (Å²) in [6, 6.07) is 0. The van der Waals surface area contributed by atoms with Crippen LogP contribution < -0.4 is 34.9 Å². The van der Waals surface area contributed by atoms with Crippen molar-refractivity contribution < 1.29 is 50.8 Å². The maximum Gasteiger partial charge on any atom is 1.00 e. The van der Waals surface area contributed by atoms with E-state index < -0.39 is 5.97 Å². The van der Waals surface area contributed by atoms with Gasteiger partial charge in [0.15, 0.2) is 0 Å². The number of rotatable bonds is 16. The van der Waals surface area contributed by atoms with Gasteiger partial charge < -0.3 is 17.0 Å². The van der Waals surface area contributed by atoms with Crippen molar-refractivity contribution in [1.82, 2.24) is 10.2 Å². The number of carbonyl (C=O) groups is 2. The molecule has 0 aromatic rings. The summed E-state index contributed by atoms with van der Waals surface area (Å²) in [5, 5.41) is 20.5. The third-order valence-corrected chi connectivity index (χ3v) is 3.82. The number of carboxylic acid groups (broad SMARTS) is 1. The van der Waals surface area contributed by atoms with Crippen LogP contribution in [0.25, 0.3) is 0 Å². The van der Waals surface area contributed by atoms with Gasteiger partial charge in [-0.1, -0.05) is 45.4 Å². The van der Waals surface area contributed by atoms with E-state index in [-0.39, 0.29) is 49.9 Å². The largest absolute Gasteiger partial charge is 1.00 e. The molecule has 0 fully saturated rings. The van der Waals surface area contributed by atoms with Gasteiger partial charge in [-0.2, -0.15) is 0 Å². The number of carboxylic acids is 1. The SMILES string of the molecule is CCCCCCCCCC(=O)NCCN(CCO)CCC(=O)O.[H-].[Na+]. The minimum atomic E-state index is -0.851. The second-order valence-corrected chi connectivity index (χ2v) is 5.93. The number of unbranched alkanes of at least 4 members (excludes halogenated alkanes) is 6. The van der Waals surface area contributed by atoms with E-state index in [4.69, 9.17) is 10.2 Å². The molecule has 0 aliphatic rings. The third-order valence-electron chi connectivity index (χ3n) is 3.82. The van der Waals surface area contributed by atoms with Crippen LogP contribution in [-0.4, -0.2) is 59.8 Å². The quantitative estimate of drug-likeness (QED) is 0.248. The zero-order valence-corrected chi connectivity index (χ0v) is 17.6. The minimum absolute atomic E-state index is 0. The van der Waals surface area contributed by atoms with Gasteiger partial charge in [0.2, 0.25) is 5.91 Å². The van der Waals surface area contributed by atoms with Crippen molar-refractivity contribution in [3.05, 3.63) is 0 Å². The average molecular weight is 354 g/mol. The average Bonchev–Trinajstić information content (AvgIpc) is 2.51. The minimum Gasteiger partial charge on any atom is -1.00 e. The Labute approximate surface area is 170 Å². The van der Waals surface area contributed by atoms with E-state index in [1.165, 1.54) is 32.1 Å². The van der Waals surface area contributed by atoms with E-state index in [2.05, 4.69) is 12.2 Å². The van der Waals surface area contributed by atoms with E-state index in [9.17, 15) is 9.59 Å². The zero-order chi connectivity index (χ0) is 17.3. The Hall–Kier alpha value is -0.140. The molecule has 0 aromatic carbocycles. The molecule has 0 bridgehead atoms. The zero-order valence-electron chi connectivity index (χ0n) is 16.6.